The molecule has 5 rings (SSSR count). The quantitative estimate of drug-likeness (QED) is 0.276. The molecule has 0 aliphatic carbocycles. The van der Waals surface area contributed by atoms with Crippen LogP contribution in [0.25, 0.3) is 28.5 Å². The first-order valence-electron chi connectivity index (χ1n) is 10.4. The molecule has 8 nitrogen and oxygen atoms in total. The zero-order valence-electron chi connectivity index (χ0n) is 18.3. The summed E-state index contributed by atoms with van der Waals surface area (Å²) in [4.78, 5) is 17.1. The number of rotatable bonds is 8. The normalized spacial score (nSPS) is 10.9. The summed E-state index contributed by atoms with van der Waals surface area (Å²) in [7, 11) is 1.60. The van der Waals surface area contributed by atoms with Gasteiger partial charge in [0.2, 0.25) is 11.7 Å². The number of amides is 1. The molecule has 0 aliphatic rings. The highest BCUT2D eigenvalue weighted by Crippen LogP contribution is 2.30. The van der Waals surface area contributed by atoms with Crippen LogP contribution in [0.2, 0.25) is 0 Å². The van der Waals surface area contributed by atoms with Crippen molar-refractivity contribution >= 4 is 34.1 Å². The fraction of sp³-hybridized carbons (Fsp3) is 0.0833. The highest BCUT2D eigenvalue weighted by molar-refractivity contribution is 7.99. The second-order valence-electron chi connectivity index (χ2n) is 7.20. The van der Waals surface area contributed by atoms with Crippen LogP contribution >= 0.6 is 23.1 Å². The zero-order valence-corrected chi connectivity index (χ0v) is 20.0. The van der Waals surface area contributed by atoms with Gasteiger partial charge in [-0.05, 0) is 60.7 Å². The summed E-state index contributed by atoms with van der Waals surface area (Å²) in [5, 5.41) is 14.2. The maximum absolute atomic E-state index is 13.2. The largest absolute Gasteiger partial charge is 0.497 e. The summed E-state index contributed by atoms with van der Waals surface area (Å²) < 4.78 is 25.8. The Kier molecular flexibility index (Phi) is 6.59. The first kappa shape index (κ1) is 22.8. The average Bonchev–Trinajstić information content (AvgIpc) is 3.64. The molecule has 11 heteroatoms. The second-order valence-corrected chi connectivity index (χ2v) is 9.00. The van der Waals surface area contributed by atoms with Gasteiger partial charge >= 0.3 is 0 Å². The Hall–Kier alpha value is -3.96. The van der Waals surface area contributed by atoms with Crippen molar-refractivity contribution in [2.45, 2.75) is 5.16 Å². The van der Waals surface area contributed by atoms with Gasteiger partial charge in [-0.1, -0.05) is 11.8 Å². The van der Waals surface area contributed by atoms with Crippen LogP contribution in [0, 0.1) is 5.82 Å². The molecular weight excluding hydrogens is 489 g/mol. The zero-order chi connectivity index (χ0) is 24.2. The molecule has 0 saturated heterocycles. The van der Waals surface area contributed by atoms with Gasteiger partial charge in [-0.3, -0.25) is 9.36 Å². The Labute approximate surface area is 207 Å². The molecule has 0 fully saturated rings. The number of carbonyl (C=O) groups is 1. The smallest absolute Gasteiger partial charge is 0.236 e. The Morgan fingerprint density at radius 2 is 1.94 bits per heavy atom. The molecule has 35 heavy (non-hydrogen) atoms. The lowest BCUT2D eigenvalue weighted by molar-refractivity contribution is -0.113. The first-order valence-corrected chi connectivity index (χ1v) is 12.2. The number of nitrogens with zero attached hydrogens (tertiary/aromatic N) is 4. The van der Waals surface area contributed by atoms with E-state index in [0.29, 0.717) is 27.6 Å². The van der Waals surface area contributed by atoms with E-state index in [-0.39, 0.29) is 17.5 Å². The van der Waals surface area contributed by atoms with Gasteiger partial charge in [0, 0.05) is 10.9 Å². The second kappa shape index (κ2) is 10.1. The summed E-state index contributed by atoms with van der Waals surface area (Å²) in [5.41, 5.74) is 2.24. The summed E-state index contributed by atoms with van der Waals surface area (Å²) in [6.07, 6.45) is 1.57. The number of anilines is 1. The van der Waals surface area contributed by atoms with Crippen molar-refractivity contribution in [3.63, 3.8) is 0 Å². The first-order chi connectivity index (χ1) is 17.1. The number of hydrogen-bond donors (Lipinski definition) is 1. The van der Waals surface area contributed by atoms with Gasteiger partial charge in [0.15, 0.2) is 16.0 Å². The van der Waals surface area contributed by atoms with Crippen LogP contribution in [0.3, 0.4) is 0 Å². The molecule has 0 atom stereocenters. The molecule has 3 heterocycles. The van der Waals surface area contributed by atoms with Crippen LogP contribution in [-0.4, -0.2) is 38.5 Å². The molecule has 1 N–H and O–H groups in total. The molecule has 1 amide bonds. The lowest BCUT2D eigenvalue weighted by Crippen LogP contribution is -2.14. The van der Waals surface area contributed by atoms with Crippen LogP contribution in [-0.2, 0) is 4.79 Å². The van der Waals surface area contributed by atoms with Crippen LogP contribution in [0.1, 0.15) is 0 Å². The summed E-state index contributed by atoms with van der Waals surface area (Å²) >= 11 is 2.54. The molecule has 0 saturated carbocycles. The number of furan rings is 1. The molecule has 0 spiro atoms. The topological polar surface area (TPSA) is 95.1 Å². The van der Waals surface area contributed by atoms with E-state index in [1.165, 1.54) is 35.2 Å². The molecule has 176 valence electrons. The van der Waals surface area contributed by atoms with E-state index in [1.807, 2.05) is 34.2 Å². The molecular formula is C24H18FN5O3S2. The van der Waals surface area contributed by atoms with Gasteiger partial charge in [-0.25, -0.2) is 9.37 Å². The minimum Gasteiger partial charge on any atom is -0.497 e. The van der Waals surface area contributed by atoms with Gasteiger partial charge in [0.05, 0.1) is 30.5 Å². The Morgan fingerprint density at radius 1 is 1.14 bits per heavy atom. The number of thioether (sulfide) groups is 1. The Morgan fingerprint density at radius 3 is 2.66 bits per heavy atom. The third kappa shape index (κ3) is 5.10. The number of carbonyl (C=O) groups excluding carboxylic acids is 1. The van der Waals surface area contributed by atoms with E-state index in [0.717, 1.165) is 17.0 Å². The van der Waals surface area contributed by atoms with Crippen molar-refractivity contribution in [2.24, 2.45) is 0 Å². The van der Waals surface area contributed by atoms with Crippen molar-refractivity contribution in [1.29, 1.82) is 0 Å². The standard InChI is InChI=1S/C24H18FN5O3S2/c1-32-18-10-8-17(9-11-18)30-22(20-3-2-12-33-20)28-29-24(30)35-14-21(31)27-23-26-19(13-34-23)15-4-6-16(25)7-5-15/h2-13H,14H2,1H3,(H,26,27,31). The van der Waals surface area contributed by atoms with Gasteiger partial charge in [0.25, 0.3) is 0 Å². The SMILES string of the molecule is COc1ccc(-n2c(SCC(=O)Nc3nc(-c4ccc(F)cc4)cs3)nnc2-c2ccco2)cc1. The van der Waals surface area contributed by atoms with Crippen LogP contribution in [0.5, 0.6) is 5.75 Å². The van der Waals surface area contributed by atoms with E-state index in [2.05, 4.69) is 20.5 Å². The predicted octanol–water partition coefficient (Wildman–Crippen LogP) is 5.53. The Bertz CT molecular complexity index is 1430. The van der Waals surface area contributed by atoms with Crippen LogP contribution in [0.4, 0.5) is 9.52 Å². The van der Waals surface area contributed by atoms with Crippen LogP contribution in [0.15, 0.2) is 81.9 Å². The maximum atomic E-state index is 13.2. The molecule has 5 aromatic rings. The molecule has 0 bridgehead atoms. The van der Waals surface area contributed by atoms with Crippen molar-refractivity contribution < 1.29 is 18.3 Å². The van der Waals surface area contributed by atoms with Gasteiger partial charge < -0.3 is 14.5 Å². The molecule has 0 unspecified atom stereocenters. The number of nitrogens with one attached hydrogen (secondary N) is 1. The average molecular weight is 508 g/mol. The van der Waals surface area contributed by atoms with Crippen molar-refractivity contribution in [1.82, 2.24) is 19.7 Å². The van der Waals surface area contributed by atoms with E-state index < -0.39 is 0 Å². The highest BCUT2D eigenvalue weighted by Gasteiger charge is 2.19. The number of halogens is 1. The molecule has 0 radical (unpaired) electrons. The van der Waals surface area contributed by atoms with Gasteiger partial charge in [-0.15, -0.1) is 21.5 Å². The fourth-order valence-electron chi connectivity index (χ4n) is 3.26. The van der Waals surface area contributed by atoms with E-state index >= 15 is 0 Å². The van der Waals surface area contributed by atoms with E-state index in [1.54, 1.807) is 37.6 Å². The monoisotopic (exact) mass is 507 g/mol. The summed E-state index contributed by atoms with van der Waals surface area (Å²) in [6, 6.07) is 17.1. The van der Waals surface area contributed by atoms with Gasteiger partial charge in [-0.2, -0.15) is 0 Å². The van der Waals surface area contributed by atoms with E-state index in [9.17, 15) is 9.18 Å². The third-order valence-electron chi connectivity index (χ3n) is 4.93. The molecule has 3 aromatic heterocycles. The van der Waals surface area contributed by atoms with Crippen molar-refractivity contribution in [3.8, 4) is 34.3 Å². The summed E-state index contributed by atoms with van der Waals surface area (Å²) in [6.45, 7) is 0. The summed E-state index contributed by atoms with van der Waals surface area (Å²) in [5.74, 6) is 1.34. The van der Waals surface area contributed by atoms with E-state index in [4.69, 9.17) is 9.15 Å². The number of thiazole rings is 1. The third-order valence-corrected chi connectivity index (χ3v) is 6.62. The van der Waals surface area contributed by atoms with Crippen LogP contribution < -0.4 is 10.1 Å². The minimum absolute atomic E-state index is 0.0951. The fourth-order valence-corrected chi connectivity index (χ4v) is 4.75. The maximum Gasteiger partial charge on any atom is 0.236 e. The van der Waals surface area contributed by atoms with Gasteiger partial charge in [0.1, 0.15) is 11.6 Å². The number of hydrogen-bond acceptors (Lipinski definition) is 8. The minimum atomic E-state index is -0.313. The van der Waals surface area contributed by atoms with Crippen molar-refractivity contribution in [2.75, 3.05) is 18.2 Å². The number of methoxy groups -OCH3 is 1. The molecule has 2 aromatic carbocycles. The van der Waals surface area contributed by atoms with Crippen molar-refractivity contribution in [3.05, 3.63) is 78.1 Å². The Balaban J connectivity index is 1.31. The number of ether oxygens (including phenoxy) is 1. The predicted molar refractivity (Wildman–Crippen MR) is 132 cm³/mol. The highest BCUT2D eigenvalue weighted by atomic mass is 32.2. The number of aromatic nitrogens is 4. The lowest BCUT2D eigenvalue weighted by atomic mass is 10.2. The molecule has 0 aliphatic heterocycles. The number of benzene rings is 2. The lowest BCUT2D eigenvalue weighted by Gasteiger charge is -2.10.